The highest BCUT2D eigenvalue weighted by molar-refractivity contribution is 5.91. The molecule has 3 rings (SSSR count). The molecule has 2 fully saturated rings. The van der Waals surface area contributed by atoms with E-state index in [-0.39, 0.29) is 12.5 Å². The largest absolute Gasteiger partial charge is 0.497 e. The molecule has 0 spiro atoms. The van der Waals surface area contributed by atoms with Gasteiger partial charge in [-0.15, -0.1) is 0 Å². The van der Waals surface area contributed by atoms with Crippen LogP contribution in [-0.2, 0) is 9.53 Å². The Hall–Kier alpha value is -2.04. The molecule has 1 aromatic rings. The van der Waals surface area contributed by atoms with Crippen LogP contribution >= 0.6 is 0 Å². The molecule has 2 aliphatic carbocycles. The molecule has 2 saturated carbocycles. The molecular weight excluding hydrogens is 342 g/mol. The Morgan fingerprint density at radius 3 is 2.11 bits per heavy atom. The normalized spacial score (nSPS) is 18.7. The van der Waals surface area contributed by atoms with E-state index in [4.69, 9.17) is 9.47 Å². The summed E-state index contributed by atoms with van der Waals surface area (Å²) in [6.45, 7) is -0.178. The molecule has 0 aliphatic heterocycles. The lowest BCUT2D eigenvalue weighted by Crippen LogP contribution is -2.50. The Morgan fingerprint density at radius 1 is 0.963 bits per heavy atom. The maximum Gasteiger partial charge on any atom is 0.338 e. The number of benzene rings is 1. The van der Waals surface area contributed by atoms with Gasteiger partial charge in [0.25, 0.3) is 5.91 Å². The van der Waals surface area contributed by atoms with Crippen LogP contribution in [0.15, 0.2) is 24.3 Å². The van der Waals surface area contributed by atoms with Gasteiger partial charge < -0.3 is 14.4 Å². The highest BCUT2D eigenvalue weighted by Gasteiger charge is 2.32. The molecule has 0 N–H and O–H groups in total. The van der Waals surface area contributed by atoms with E-state index in [9.17, 15) is 9.59 Å². The van der Waals surface area contributed by atoms with E-state index >= 15 is 0 Å². The SMILES string of the molecule is COc1cccc(C(=O)OCC(=O)N(C2CCCCC2)C2CCCCC2)c1. The summed E-state index contributed by atoms with van der Waals surface area (Å²) in [5.41, 5.74) is 0.407. The van der Waals surface area contributed by atoms with Crippen molar-refractivity contribution in [2.45, 2.75) is 76.3 Å². The summed E-state index contributed by atoms with van der Waals surface area (Å²) >= 11 is 0. The second-order valence-electron chi connectivity index (χ2n) is 7.69. The molecule has 0 unspecified atom stereocenters. The molecule has 148 valence electrons. The van der Waals surface area contributed by atoms with E-state index in [0.717, 1.165) is 25.7 Å². The molecule has 1 amide bonds. The third-order valence-electron chi connectivity index (χ3n) is 5.86. The van der Waals surface area contributed by atoms with Gasteiger partial charge in [0.05, 0.1) is 12.7 Å². The van der Waals surface area contributed by atoms with Crippen LogP contribution in [0.2, 0.25) is 0 Å². The number of hydrogen-bond acceptors (Lipinski definition) is 4. The van der Waals surface area contributed by atoms with Gasteiger partial charge in [0.1, 0.15) is 5.75 Å². The monoisotopic (exact) mass is 373 g/mol. The molecule has 2 aliphatic rings. The Balaban J connectivity index is 1.63. The van der Waals surface area contributed by atoms with Crippen molar-refractivity contribution in [3.05, 3.63) is 29.8 Å². The summed E-state index contributed by atoms with van der Waals surface area (Å²) in [6.07, 6.45) is 11.6. The summed E-state index contributed by atoms with van der Waals surface area (Å²) in [5, 5.41) is 0. The molecule has 0 saturated heterocycles. The standard InChI is InChI=1S/C22H31NO4/c1-26-20-14-8-9-17(15-20)22(25)27-16-21(24)23(18-10-4-2-5-11-18)19-12-6-3-7-13-19/h8-9,14-15,18-19H,2-7,10-13,16H2,1H3. The smallest absolute Gasteiger partial charge is 0.338 e. The number of esters is 1. The third kappa shape index (κ3) is 5.24. The van der Waals surface area contributed by atoms with Gasteiger partial charge in [0.2, 0.25) is 0 Å². The lowest BCUT2D eigenvalue weighted by Gasteiger charge is -2.41. The lowest BCUT2D eigenvalue weighted by molar-refractivity contribution is -0.141. The first-order valence-corrected chi connectivity index (χ1v) is 10.3. The van der Waals surface area contributed by atoms with E-state index < -0.39 is 5.97 Å². The zero-order valence-electron chi connectivity index (χ0n) is 16.3. The molecule has 0 bridgehead atoms. The van der Waals surface area contributed by atoms with Crippen molar-refractivity contribution in [3.8, 4) is 5.75 Å². The lowest BCUT2D eigenvalue weighted by atomic mass is 9.88. The summed E-state index contributed by atoms with van der Waals surface area (Å²) < 4.78 is 10.5. The number of rotatable bonds is 6. The van der Waals surface area contributed by atoms with Crippen LogP contribution in [-0.4, -0.2) is 42.6 Å². The molecule has 5 nitrogen and oxygen atoms in total. The summed E-state index contributed by atoms with van der Waals surface area (Å²) in [4.78, 5) is 27.4. The minimum atomic E-state index is -0.477. The van der Waals surface area contributed by atoms with Gasteiger partial charge in [-0.25, -0.2) is 4.79 Å². The fourth-order valence-electron chi connectivity index (χ4n) is 4.46. The van der Waals surface area contributed by atoms with Crippen molar-refractivity contribution in [2.75, 3.05) is 13.7 Å². The highest BCUT2D eigenvalue weighted by atomic mass is 16.5. The second kappa shape index (κ2) is 9.77. The minimum absolute atomic E-state index is 0.0370. The molecule has 27 heavy (non-hydrogen) atoms. The second-order valence-corrected chi connectivity index (χ2v) is 7.69. The van der Waals surface area contributed by atoms with Crippen molar-refractivity contribution < 1.29 is 19.1 Å². The predicted octanol–water partition coefficient (Wildman–Crippen LogP) is 4.35. The Morgan fingerprint density at radius 2 is 1.56 bits per heavy atom. The van der Waals surface area contributed by atoms with E-state index in [1.54, 1.807) is 31.4 Å². The first-order chi connectivity index (χ1) is 13.2. The predicted molar refractivity (Wildman–Crippen MR) is 104 cm³/mol. The van der Waals surface area contributed by atoms with Crippen molar-refractivity contribution in [2.24, 2.45) is 0 Å². The first-order valence-electron chi connectivity index (χ1n) is 10.3. The van der Waals surface area contributed by atoms with Gasteiger partial charge in [-0.05, 0) is 43.9 Å². The van der Waals surface area contributed by atoms with Crippen LogP contribution in [0.25, 0.3) is 0 Å². The fraction of sp³-hybridized carbons (Fsp3) is 0.636. The van der Waals surface area contributed by atoms with Crippen LogP contribution in [0, 0.1) is 0 Å². The zero-order chi connectivity index (χ0) is 19.1. The summed E-state index contributed by atoms with van der Waals surface area (Å²) in [6, 6.07) is 7.45. The van der Waals surface area contributed by atoms with Crippen molar-refractivity contribution in [1.82, 2.24) is 4.90 Å². The number of amides is 1. The fourth-order valence-corrected chi connectivity index (χ4v) is 4.46. The maximum atomic E-state index is 13.0. The van der Waals surface area contributed by atoms with E-state index in [2.05, 4.69) is 4.90 Å². The number of carbonyl (C=O) groups excluding carboxylic acids is 2. The average Bonchev–Trinajstić information content (AvgIpc) is 2.74. The molecule has 0 atom stereocenters. The van der Waals surface area contributed by atoms with Gasteiger partial charge >= 0.3 is 5.97 Å². The molecule has 0 heterocycles. The third-order valence-corrected chi connectivity index (χ3v) is 5.86. The number of carbonyl (C=O) groups is 2. The quantitative estimate of drug-likeness (QED) is 0.696. The van der Waals surface area contributed by atoms with Crippen LogP contribution < -0.4 is 4.74 Å². The van der Waals surface area contributed by atoms with E-state index in [1.807, 2.05) is 0 Å². The van der Waals surface area contributed by atoms with Crippen molar-refractivity contribution in [3.63, 3.8) is 0 Å². The Bertz CT molecular complexity index is 615. The van der Waals surface area contributed by atoms with Gasteiger partial charge in [-0.3, -0.25) is 4.79 Å². The average molecular weight is 373 g/mol. The van der Waals surface area contributed by atoms with Gasteiger partial charge in [-0.2, -0.15) is 0 Å². The number of ether oxygens (including phenoxy) is 2. The van der Waals surface area contributed by atoms with Crippen LogP contribution in [0.4, 0.5) is 0 Å². The van der Waals surface area contributed by atoms with Crippen molar-refractivity contribution in [1.29, 1.82) is 0 Å². The molecular formula is C22H31NO4. The maximum absolute atomic E-state index is 13.0. The number of methoxy groups -OCH3 is 1. The van der Waals surface area contributed by atoms with E-state index in [0.29, 0.717) is 23.4 Å². The highest BCUT2D eigenvalue weighted by Crippen LogP contribution is 2.30. The van der Waals surface area contributed by atoms with Crippen molar-refractivity contribution >= 4 is 11.9 Å². The van der Waals surface area contributed by atoms with Gasteiger partial charge in [-0.1, -0.05) is 44.6 Å². The molecule has 5 heteroatoms. The molecule has 0 aromatic heterocycles. The van der Waals surface area contributed by atoms with E-state index in [1.165, 1.54) is 38.5 Å². The summed E-state index contributed by atoms with van der Waals surface area (Å²) in [7, 11) is 1.56. The van der Waals surface area contributed by atoms with Gasteiger partial charge in [0, 0.05) is 12.1 Å². The van der Waals surface area contributed by atoms with Gasteiger partial charge in [0.15, 0.2) is 6.61 Å². The number of hydrogen-bond donors (Lipinski definition) is 0. The molecule has 0 radical (unpaired) electrons. The van der Waals surface area contributed by atoms with Crippen LogP contribution in [0.3, 0.4) is 0 Å². The summed E-state index contributed by atoms with van der Waals surface area (Å²) in [5.74, 6) is 0.0846. The zero-order valence-corrected chi connectivity index (χ0v) is 16.3. The number of nitrogens with zero attached hydrogens (tertiary/aromatic N) is 1. The topological polar surface area (TPSA) is 55.8 Å². The Kier molecular flexibility index (Phi) is 7.13. The van der Waals surface area contributed by atoms with Crippen LogP contribution in [0.1, 0.15) is 74.6 Å². The first kappa shape index (κ1) is 19.7. The Labute approximate surface area is 162 Å². The van der Waals surface area contributed by atoms with Crippen LogP contribution in [0.5, 0.6) is 5.75 Å². The molecule has 1 aromatic carbocycles. The minimum Gasteiger partial charge on any atom is -0.497 e.